The van der Waals surface area contributed by atoms with Gasteiger partial charge in [0.2, 0.25) is 0 Å². The summed E-state index contributed by atoms with van der Waals surface area (Å²) < 4.78 is 4.70. The van der Waals surface area contributed by atoms with Crippen molar-refractivity contribution in [3.8, 4) is 0 Å². The number of carbonyl (C=O) groups is 2. The first-order chi connectivity index (χ1) is 11.2. The molecule has 2 N–H and O–H groups in total. The van der Waals surface area contributed by atoms with Crippen molar-refractivity contribution in [3.05, 3.63) is 35.9 Å². The minimum atomic E-state index is -0.297. The van der Waals surface area contributed by atoms with Crippen molar-refractivity contribution in [2.45, 2.75) is 31.7 Å². The number of aryl methyl sites for hydroxylation is 1. The first-order valence-corrected chi connectivity index (χ1v) is 8.10. The van der Waals surface area contributed by atoms with Gasteiger partial charge in [-0.05, 0) is 31.2 Å². The van der Waals surface area contributed by atoms with E-state index in [0.29, 0.717) is 19.6 Å². The number of piperidine rings is 1. The molecule has 6 heteroatoms. The molecule has 0 atom stereocenters. The molecule has 0 radical (unpaired) electrons. The van der Waals surface area contributed by atoms with Crippen LogP contribution in [-0.4, -0.2) is 49.8 Å². The number of hydrogen-bond acceptors (Lipinski definition) is 3. The van der Waals surface area contributed by atoms with Gasteiger partial charge >= 0.3 is 12.1 Å². The van der Waals surface area contributed by atoms with E-state index in [9.17, 15) is 9.59 Å². The van der Waals surface area contributed by atoms with Gasteiger partial charge in [-0.2, -0.15) is 0 Å². The first-order valence-electron chi connectivity index (χ1n) is 8.10. The summed E-state index contributed by atoms with van der Waals surface area (Å²) in [5, 5.41) is 5.86. The number of carbonyl (C=O) groups excluding carboxylic acids is 2. The zero-order valence-corrected chi connectivity index (χ0v) is 13.6. The molecule has 1 fully saturated rings. The number of amides is 3. The third kappa shape index (κ3) is 5.81. The van der Waals surface area contributed by atoms with Crippen LogP contribution in [0.1, 0.15) is 24.8 Å². The molecule has 6 nitrogen and oxygen atoms in total. The van der Waals surface area contributed by atoms with E-state index < -0.39 is 0 Å². The summed E-state index contributed by atoms with van der Waals surface area (Å²) in [7, 11) is 1.38. The summed E-state index contributed by atoms with van der Waals surface area (Å²) in [5.41, 5.74) is 1.28. The Morgan fingerprint density at radius 3 is 2.57 bits per heavy atom. The highest BCUT2D eigenvalue weighted by Crippen LogP contribution is 2.11. The topological polar surface area (TPSA) is 70.7 Å². The third-order valence-corrected chi connectivity index (χ3v) is 4.03. The molecule has 0 saturated carbocycles. The van der Waals surface area contributed by atoms with Gasteiger partial charge in [-0.15, -0.1) is 0 Å². The summed E-state index contributed by atoms with van der Waals surface area (Å²) >= 11 is 0. The highest BCUT2D eigenvalue weighted by molar-refractivity contribution is 5.74. The van der Waals surface area contributed by atoms with E-state index in [1.807, 2.05) is 18.2 Å². The van der Waals surface area contributed by atoms with E-state index in [0.717, 1.165) is 25.7 Å². The molecule has 1 saturated heterocycles. The Hall–Kier alpha value is -2.24. The second-order valence-electron chi connectivity index (χ2n) is 5.72. The Morgan fingerprint density at radius 2 is 1.91 bits per heavy atom. The van der Waals surface area contributed by atoms with Gasteiger partial charge in [0.15, 0.2) is 0 Å². The fourth-order valence-corrected chi connectivity index (χ4v) is 2.71. The molecule has 126 valence electrons. The minimum absolute atomic E-state index is 0.116. The molecule has 1 heterocycles. The Kier molecular flexibility index (Phi) is 6.72. The number of nitrogens with one attached hydrogen (secondary N) is 2. The van der Waals surface area contributed by atoms with Gasteiger partial charge in [0.05, 0.1) is 7.11 Å². The molecule has 23 heavy (non-hydrogen) atoms. The van der Waals surface area contributed by atoms with Crippen LogP contribution in [0.2, 0.25) is 0 Å². The van der Waals surface area contributed by atoms with Gasteiger partial charge < -0.3 is 20.3 Å². The highest BCUT2D eigenvalue weighted by Gasteiger charge is 2.23. The molecule has 0 bridgehead atoms. The van der Waals surface area contributed by atoms with Gasteiger partial charge in [0, 0.05) is 25.7 Å². The fraction of sp³-hybridized carbons (Fsp3) is 0.529. The van der Waals surface area contributed by atoms with E-state index in [1.165, 1.54) is 12.7 Å². The Morgan fingerprint density at radius 1 is 1.22 bits per heavy atom. The number of likely N-dealkylation sites (tertiary alicyclic amines) is 1. The molecular weight excluding hydrogens is 294 g/mol. The SMILES string of the molecule is COC(=O)N1CCC(NC(=O)NCCCc2ccccc2)CC1. The average Bonchev–Trinajstić information content (AvgIpc) is 2.59. The van der Waals surface area contributed by atoms with E-state index in [-0.39, 0.29) is 18.2 Å². The van der Waals surface area contributed by atoms with Crippen molar-refractivity contribution in [2.75, 3.05) is 26.7 Å². The number of hydrogen-bond donors (Lipinski definition) is 2. The smallest absolute Gasteiger partial charge is 0.409 e. The van der Waals surface area contributed by atoms with Crippen LogP contribution in [0, 0.1) is 0 Å². The van der Waals surface area contributed by atoms with Crippen LogP contribution in [0.4, 0.5) is 9.59 Å². The van der Waals surface area contributed by atoms with Crippen molar-refractivity contribution in [1.29, 1.82) is 0 Å². The molecule has 1 aliphatic rings. The number of urea groups is 1. The quantitative estimate of drug-likeness (QED) is 0.817. The highest BCUT2D eigenvalue weighted by atomic mass is 16.5. The summed E-state index contributed by atoms with van der Waals surface area (Å²) in [6, 6.07) is 10.2. The average molecular weight is 319 g/mol. The van der Waals surface area contributed by atoms with E-state index in [4.69, 9.17) is 4.74 Å². The summed E-state index contributed by atoms with van der Waals surface area (Å²) in [6.45, 7) is 1.89. The molecule has 2 rings (SSSR count). The second kappa shape index (κ2) is 9.02. The lowest BCUT2D eigenvalue weighted by Crippen LogP contribution is -2.49. The van der Waals surface area contributed by atoms with Crippen LogP contribution in [0.5, 0.6) is 0 Å². The lowest BCUT2D eigenvalue weighted by molar-refractivity contribution is 0.110. The lowest BCUT2D eigenvalue weighted by Gasteiger charge is -2.31. The van der Waals surface area contributed by atoms with Crippen LogP contribution in [0.25, 0.3) is 0 Å². The third-order valence-electron chi connectivity index (χ3n) is 4.03. The molecular formula is C17H25N3O3. The molecule has 1 aromatic rings. The zero-order chi connectivity index (χ0) is 16.5. The van der Waals surface area contributed by atoms with E-state index in [1.54, 1.807) is 4.90 Å². The predicted octanol–water partition coefficient (Wildman–Crippen LogP) is 2.15. The number of nitrogens with zero attached hydrogens (tertiary/aromatic N) is 1. The normalized spacial score (nSPS) is 15.1. The maximum atomic E-state index is 11.9. The predicted molar refractivity (Wildman–Crippen MR) is 88.3 cm³/mol. The molecule has 0 aliphatic carbocycles. The Balaban J connectivity index is 1.58. The standard InChI is InChI=1S/C17H25N3O3/c1-23-17(22)20-12-9-15(10-13-20)19-16(21)18-11-5-8-14-6-3-2-4-7-14/h2-4,6-7,15H,5,8-13H2,1H3,(H2,18,19,21). The van der Waals surface area contributed by atoms with Crippen molar-refractivity contribution < 1.29 is 14.3 Å². The number of ether oxygens (including phenoxy) is 1. The maximum Gasteiger partial charge on any atom is 0.409 e. The Labute approximate surface area is 137 Å². The summed E-state index contributed by atoms with van der Waals surface area (Å²) in [4.78, 5) is 24.9. The van der Waals surface area contributed by atoms with Crippen LogP contribution >= 0.6 is 0 Å². The van der Waals surface area contributed by atoms with Crippen molar-refractivity contribution >= 4 is 12.1 Å². The molecule has 3 amide bonds. The van der Waals surface area contributed by atoms with Gasteiger partial charge in [-0.25, -0.2) is 9.59 Å². The van der Waals surface area contributed by atoms with Crippen LogP contribution < -0.4 is 10.6 Å². The van der Waals surface area contributed by atoms with E-state index >= 15 is 0 Å². The number of benzene rings is 1. The van der Waals surface area contributed by atoms with Gasteiger partial charge in [0.25, 0.3) is 0 Å². The molecule has 0 aromatic heterocycles. The largest absolute Gasteiger partial charge is 0.453 e. The molecule has 0 unspecified atom stereocenters. The molecule has 0 spiro atoms. The van der Waals surface area contributed by atoms with Crippen LogP contribution in [-0.2, 0) is 11.2 Å². The molecule has 1 aliphatic heterocycles. The minimum Gasteiger partial charge on any atom is -0.453 e. The molecule has 1 aromatic carbocycles. The van der Waals surface area contributed by atoms with E-state index in [2.05, 4.69) is 22.8 Å². The maximum absolute atomic E-state index is 11.9. The van der Waals surface area contributed by atoms with Gasteiger partial charge in [0.1, 0.15) is 0 Å². The van der Waals surface area contributed by atoms with Crippen LogP contribution in [0.3, 0.4) is 0 Å². The monoisotopic (exact) mass is 319 g/mol. The first kappa shape index (κ1) is 17.1. The zero-order valence-electron chi connectivity index (χ0n) is 13.6. The number of rotatable bonds is 5. The van der Waals surface area contributed by atoms with Gasteiger partial charge in [-0.3, -0.25) is 0 Å². The second-order valence-corrected chi connectivity index (χ2v) is 5.72. The van der Waals surface area contributed by atoms with Crippen molar-refractivity contribution in [1.82, 2.24) is 15.5 Å². The van der Waals surface area contributed by atoms with Crippen LogP contribution in [0.15, 0.2) is 30.3 Å². The summed E-state index contributed by atoms with van der Waals surface area (Å²) in [6.07, 6.45) is 3.09. The fourth-order valence-electron chi connectivity index (χ4n) is 2.71. The lowest BCUT2D eigenvalue weighted by atomic mass is 10.1. The number of methoxy groups -OCH3 is 1. The Bertz CT molecular complexity index is 499. The summed E-state index contributed by atoms with van der Waals surface area (Å²) in [5.74, 6) is 0. The van der Waals surface area contributed by atoms with Gasteiger partial charge in [-0.1, -0.05) is 30.3 Å². The van der Waals surface area contributed by atoms with Crippen molar-refractivity contribution in [2.24, 2.45) is 0 Å². The van der Waals surface area contributed by atoms with Crippen molar-refractivity contribution in [3.63, 3.8) is 0 Å².